The second-order valence-electron chi connectivity index (χ2n) is 8.31. The number of hydrogen-bond acceptors (Lipinski definition) is 8. The van der Waals surface area contributed by atoms with Gasteiger partial charge in [0.15, 0.2) is 0 Å². The molecule has 0 aliphatic rings. The summed E-state index contributed by atoms with van der Waals surface area (Å²) in [5.74, 6) is -0.349. The number of nitrogens with one attached hydrogen (secondary N) is 2. The molecule has 0 saturated carbocycles. The summed E-state index contributed by atoms with van der Waals surface area (Å²) in [4.78, 5) is 27.0. The largest absolute Gasteiger partial charge is 0.393 e. The molecule has 0 fully saturated rings. The highest BCUT2D eigenvalue weighted by molar-refractivity contribution is 7.19. The van der Waals surface area contributed by atoms with Gasteiger partial charge in [-0.05, 0) is 33.1 Å². The van der Waals surface area contributed by atoms with Crippen LogP contribution in [0.1, 0.15) is 67.4 Å². The van der Waals surface area contributed by atoms with Crippen LogP contribution in [0.15, 0.2) is 22.2 Å². The maximum Gasteiger partial charge on any atom is 0.276 e. The van der Waals surface area contributed by atoms with E-state index in [4.69, 9.17) is 0 Å². The number of aliphatic hydroxyl groups is 2. The van der Waals surface area contributed by atoms with E-state index in [1.54, 1.807) is 20.2 Å². The molecule has 2 rings (SSSR count). The Labute approximate surface area is 191 Å². The summed E-state index contributed by atoms with van der Waals surface area (Å²) in [6.45, 7) is 10.4. The lowest BCUT2D eigenvalue weighted by atomic mass is 10.0. The minimum Gasteiger partial charge on any atom is -0.393 e. The van der Waals surface area contributed by atoms with Crippen LogP contribution in [0.25, 0.3) is 10.1 Å². The summed E-state index contributed by atoms with van der Waals surface area (Å²) in [5, 5.41) is 30.9. The fourth-order valence-electron chi connectivity index (χ4n) is 3.04. The Morgan fingerprint density at radius 1 is 1.47 bits per heavy atom. The second-order valence-corrected chi connectivity index (χ2v) is 9.41. The van der Waals surface area contributed by atoms with E-state index in [9.17, 15) is 19.8 Å². The third-order valence-electron chi connectivity index (χ3n) is 5.10. The molecule has 0 radical (unpaired) electrons. The second kappa shape index (κ2) is 10.8. The third kappa shape index (κ3) is 6.02. The molecule has 0 saturated heterocycles. The van der Waals surface area contributed by atoms with Gasteiger partial charge in [0.1, 0.15) is 5.60 Å². The monoisotopic (exact) mass is 463 g/mol. The Balaban J connectivity index is 2.56. The Hall–Kier alpha value is -2.56. The van der Waals surface area contributed by atoms with Crippen LogP contribution in [0.3, 0.4) is 0 Å². The van der Waals surface area contributed by atoms with E-state index in [-0.39, 0.29) is 18.0 Å². The number of fused-ring (bicyclic) bond motifs is 1. The molecule has 0 aromatic carbocycles. The van der Waals surface area contributed by atoms with Crippen LogP contribution < -0.4 is 16.3 Å². The molecule has 1 unspecified atom stereocenters. The van der Waals surface area contributed by atoms with Gasteiger partial charge in [-0.25, -0.2) is 4.68 Å². The Kier molecular flexibility index (Phi) is 8.71. The van der Waals surface area contributed by atoms with Crippen LogP contribution in [-0.2, 0) is 13.5 Å². The van der Waals surface area contributed by atoms with Crippen molar-refractivity contribution >= 4 is 33.5 Å². The zero-order chi connectivity index (χ0) is 24.1. The van der Waals surface area contributed by atoms with E-state index in [0.29, 0.717) is 34.2 Å². The Bertz CT molecular complexity index is 1070. The number of aryl methyl sites for hydroxylation is 2. The smallest absolute Gasteiger partial charge is 0.276 e. The number of nitrogens with zero attached hydrogens (tertiary/aromatic N) is 3. The van der Waals surface area contributed by atoms with Gasteiger partial charge in [-0.15, -0.1) is 11.3 Å². The van der Waals surface area contributed by atoms with Crippen LogP contribution in [-0.4, -0.2) is 50.9 Å². The maximum absolute atomic E-state index is 13.2. The quantitative estimate of drug-likeness (QED) is 0.298. The number of thiophene rings is 1. The first kappa shape index (κ1) is 25.7. The standard InChI is InChI=1S/C22H33N5O4S/c1-7-14(4)18-19-17(21(30)27(6)26-18)16(20(29)23-11-22(5,31)12-28)15(32-19)9-8-10-24-25-13(2)3/h10,14,25,28,31H,2,7-9,11-12H2,1,3-6H3,(H,23,29)/b24-10-/t14?,22-/m0/s1. The molecular formula is C22H33N5O4S. The summed E-state index contributed by atoms with van der Waals surface area (Å²) in [6, 6.07) is 0. The summed E-state index contributed by atoms with van der Waals surface area (Å²) in [5.41, 5.74) is 2.77. The van der Waals surface area contributed by atoms with Crippen molar-refractivity contribution in [3.05, 3.63) is 38.8 Å². The van der Waals surface area contributed by atoms with E-state index in [0.717, 1.165) is 17.0 Å². The van der Waals surface area contributed by atoms with Gasteiger partial charge in [0.05, 0.1) is 28.0 Å². The fourth-order valence-corrected chi connectivity index (χ4v) is 4.44. The molecule has 32 heavy (non-hydrogen) atoms. The van der Waals surface area contributed by atoms with Crippen molar-refractivity contribution in [1.29, 1.82) is 0 Å². The van der Waals surface area contributed by atoms with Gasteiger partial charge in [0.25, 0.3) is 11.5 Å². The molecule has 2 aromatic rings. The molecule has 4 N–H and O–H groups in total. The molecular weight excluding hydrogens is 430 g/mol. The number of allylic oxidation sites excluding steroid dienone is 1. The number of aliphatic hydroxyl groups excluding tert-OH is 1. The minimum absolute atomic E-state index is 0.114. The van der Waals surface area contributed by atoms with Gasteiger partial charge < -0.3 is 15.5 Å². The first-order valence-corrected chi connectivity index (χ1v) is 11.4. The number of carbonyl (C=O) groups excluding carboxylic acids is 1. The van der Waals surface area contributed by atoms with Crippen molar-refractivity contribution in [2.75, 3.05) is 13.2 Å². The van der Waals surface area contributed by atoms with Crippen LogP contribution in [0, 0.1) is 0 Å². The molecule has 2 atom stereocenters. The lowest BCUT2D eigenvalue weighted by Crippen LogP contribution is -2.43. The molecule has 2 aromatic heterocycles. The summed E-state index contributed by atoms with van der Waals surface area (Å²) >= 11 is 1.40. The highest BCUT2D eigenvalue weighted by Gasteiger charge is 2.27. The van der Waals surface area contributed by atoms with E-state index in [1.165, 1.54) is 22.9 Å². The number of amides is 1. The highest BCUT2D eigenvalue weighted by Crippen LogP contribution is 2.35. The SMILES string of the molecule is C=C(C)N/N=C\CCc1sc2c(C(C)CC)nn(C)c(=O)c2c1C(=O)NC[C@](C)(O)CO. The lowest BCUT2D eigenvalue weighted by Gasteiger charge is -2.20. The molecule has 0 aliphatic heterocycles. The summed E-state index contributed by atoms with van der Waals surface area (Å²) in [6.07, 6.45) is 3.59. The number of hydrogen-bond donors (Lipinski definition) is 4. The van der Waals surface area contributed by atoms with Crippen molar-refractivity contribution in [1.82, 2.24) is 20.5 Å². The van der Waals surface area contributed by atoms with Gasteiger partial charge in [-0.1, -0.05) is 20.4 Å². The molecule has 0 spiro atoms. The van der Waals surface area contributed by atoms with E-state index >= 15 is 0 Å². The predicted octanol–water partition coefficient (Wildman–Crippen LogP) is 2.02. The molecule has 0 aliphatic carbocycles. The predicted molar refractivity (Wildman–Crippen MR) is 128 cm³/mol. The van der Waals surface area contributed by atoms with Crippen LogP contribution in [0.5, 0.6) is 0 Å². The molecule has 2 heterocycles. The molecule has 9 nitrogen and oxygen atoms in total. The van der Waals surface area contributed by atoms with Crippen molar-refractivity contribution in [3.8, 4) is 0 Å². The van der Waals surface area contributed by atoms with E-state index < -0.39 is 18.1 Å². The van der Waals surface area contributed by atoms with Crippen molar-refractivity contribution < 1.29 is 15.0 Å². The number of rotatable bonds is 11. The normalized spacial score (nSPS) is 14.5. The zero-order valence-corrected chi connectivity index (χ0v) is 20.2. The summed E-state index contributed by atoms with van der Waals surface area (Å²) < 4.78 is 1.99. The van der Waals surface area contributed by atoms with Gasteiger partial charge in [0.2, 0.25) is 0 Å². The van der Waals surface area contributed by atoms with Gasteiger partial charge >= 0.3 is 0 Å². The Morgan fingerprint density at radius 3 is 2.75 bits per heavy atom. The number of carbonyl (C=O) groups is 1. The fraction of sp³-hybridized carbons (Fsp3) is 0.545. The molecule has 0 bridgehead atoms. The topological polar surface area (TPSA) is 129 Å². The van der Waals surface area contributed by atoms with Crippen LogP contribution >= 0.6 is 11.3 Å². The lowest BCUT2D eigenvalue weighted by molar-refractivity contribution is 0.00321. The summed E-state index contributed by atoms with van der Waals surface area (Å²) in [7, 11) is 1.58. The van der Waals surface area contributed by atoms with Gasteiger partial charge in [0, 0.05) is 36.3 Å². The van der Waals surface area contributed by atoms with Crippen LogP contribution in [0.2, 0.25) is 0 Å². The third-order valence-corrected chi connectivity index (χ3v) is 6.38. The average Bonchev–Trinajstić information content (AvgIpc) is 3.13. The van der Waals surface area contributed by atoms with E-state index in [1.807, 2.05) is 13.8 Å². The van der Waals surface area contributed by atoms with Crippen molar-refractivity contribution in [2.24, 2.45) is 12.1 Å². The average molecular weight is 464 g/mol. The maximum atomic E-state index is 13.2. The van der Waals surface area contributed by atoms with Gasteiger partial charge in [-0.3, -0.25) is 15.0 Å². The first-order valence-electron chi connectivity index (χ1n) is 10.6. The minimum atomic E-state index is -1.46. The molecule has 1 amide bonds. The van der Waals surface area contributed by atoms with Gasteiger partial charge in [-0.2, -0.15) is 10.2 Å². The molecule has 176 valence electrons. The zero-order valence-electron chi connectivity index (χ0n) is 19.4. The highest BCUT2D eigenvalue weighted by atomic mass is 32.1. The van der Waals surface area contributed by atoms with Crippen LogP contribution in [0.4, 0.5) is 0 Å². The van der Waals surface area contributed by atoms with Crippen molar-refractivity contribution in [2.45, 2.75) is 58.5 Å². The number of hydrazone groups is 1. The van der Waals surface area contributed by atoms with E-state index in [2.05, 4.69) is 27.5 Å². The first-order chi connectivity index (χ1) is 15.0. The van der Waals surface area contributed by atoms with Crippen molar-refractivity contribution in [3.63, 3.8) is 0 Å². The Morgan fingerprint density at radius 2 is 2.16 bits per heavy atom. The number of aromatic nitrogens is 2. The molecule has 10 heteroatoms.